The minimum atomic E-state index is -0.280. The fraction of sp³-hybridized carbons (Fsp3) is 0.727. The summed E-state index contributed by atoms with van der Waals surface area (Å²) >= 11 is 0. The summed E-state index contributed by atoms with van der Waals surface area (Å²) in [7, 11) is 0. The number of hydrogen-bond acceptors (Lipinski definition) is 2. The van der Waals surface area contributed by atoms with Crippen LogP contribution in [0.15, 0.2) is 0 Å². The van der Waals surface area contributed by atoms with Crippen LogP contribution in [0, 0.1) is 18.3 Å². The van der Waals surface area contributed by atoms with Gasteiger partial charge in [0, 0.05) is 31.0 Å². The number of hydrogen-bond donors (Lipinski definition) is 1. The van der Waals surface area contributed by atoms with Crippen molar-refractivity contribution in [2.75, 3.05) is 13.2 Å². The van der Waals surface area contributed by atoms with Crippen molar-refractivity contribution in [3.05, 3.63) is 0 Å². The lowest BCUT2D eigenvalue weighted by Crippen LogP contribution is -2.45. The summed E-state index contributed by atoms with van der Waals surface area (Å²) in [6, 6.07) is 0. The van der Waals surface area contributed by atoms with Crippen molar-refractivity contribution in [3.63, 3.8) is 0 Å². The SMILES string of the molecule is C#CC1CC(=O)N(C(C)(C)CCO)C1. The summed E-state index contributed by atoms with van der Waals surface area (Å²) in [5, 5.41) is 8.89. The predicted octanol–water partition coefficient (Wildman–Crippen LogP) is 0.629. The molecule has 1 unspecified atom stereocenters. The molecule has 0 saturated carbocycles. The van der Waals surface area contributed by atoms with Crippen molar-refractivity contribution in [1.82, 2.24) is 4.90 Å². The van der Waals surface area contributed by atoms with Gasteiger partial charge in [0.2, 0.25) is 5.91 Å². The maximum atomic E-state index is 11.6. The van der Waals surface area contributed by atoms with Crippen LogP contribution in [0.5, 0.6) is 0 Å². The Kier molecular flexibility index (Phi) is 3.17. The molecule has 1 heterocycles. The highest BCUT2D eigenvalue weighted by molar-refractivity contribution is 5.80. The van der Waals surface area contributed by atoms with Crippen molar-refractivity contribution in [3.8, 4) is 12.3 Å². The molecule has 1 aliphatic heterocycles. The van der Waals surface area contributed by atoms with Gasteiger partial charge in [0.15, 0.2) is 0 Å². The third-order valence-electron chi connectivity index (χ3n) is 2.82. The fourth-order valence-corrected chi connectivity index (χ4v) is 1.81. The Morgan fingerprint density at radius 1 is 1.71 bits per heavy atom. The minimum Gasteiger partial charge on any atom is -0.396 e. The van der Waals surface area contributed by atoms with Crippen LogP contribution in [0.3, 0.4) is 0 Å². The summed E-state index contributed by atoms with van der Waals surface area (Å²) in [4.78, 5) is 13.4. The molecule has 1 rings (SSSR count). The number of likely N-dealkylation sites (tertiary alicyclic amines) is 1. The van der Waals surface area contributed by atoms with Crippen molar-refractivity contribution in [2.24, 2.45) is 5.92 Å². The van der Waals surface area contributed by atoms with Gasteiger partial charge in [-0.05, 0) is 20.3 Å². The van der Waals surface area contributed by atoms with Gasteiger partial charge in [-0.3, -0.25) is 4.79 Å². The van der Waals surface area contributed by atoms with E-state index in [1.165, 1.54) is 0 Å². The molecule has 1 atom stereocenters. The number of aliphatic hydroxyl groups is 1. The highest BCUT2D eigenvalue weighted by Crippen LogP contribution is 2.27. The molecular formula is C11H17NO2. The van der Waals surface area contributed by atoms with Crippen molar-refractivity contribution in [1.29, 1.82) is 0 Å². The third kappa shape index (κ3) is 2.08. The van der Waals surface area contributed by atoms with Gasteiger partial charge in [-0.1, -0.05) is 0 Å². The van der Waals surface area contributed by atoms with E-state index in [0.29, 0.717) is 19.4 Å². The predicted molar refractivity (Wildman–Crippen MR) is 54.4 cm³/mol. The second-order valence-corrected chi connectivity index (χ2v) is 4.36. The Balaban J connectivity index is 2.70. The van der Waals surface area contributed by atoms with Gasteiger partial charge in [0.25, 0.3) is 0 Å². The number of carbonyl (C=O) groups excluding carboxylic acids is 1. The van der Waals surface area contributed by atoms with Crippen LogP contribution in [0.1, 0.15) is 26.7 Å². The van der Waals surface area contributed by atoms with Crippen molar-refractivity contribution >= 4 is 5.91 Å². The molecule has 1 fully saturated rings. The smallest absolute Gasteiger partial charge is 0.224 e. The molecule has 78 valence electrons. The molecule has 3 heteroatoms. The average molecular weight is 195 g/mol. The van der Waals surface area contributed by atoms with E-state index in [9.17, 15) is 4.79 Å². The maximum absolute atomic E-state index is 11.6. The lowest BCUT2D eigenvalue weighted by Gasteiger charge is -2.35. The highest BCUT2D eigenvalue weighted by Gasteiger charge is 2.37. The van der Waals surface area contributed by atoms with Gasteiger partial charge in [0.1, 0.15) is 0 Å². The molecule has 1 N–H and O–H groups in total. The first-order valence-corrected chi connectivity index (χ1v) is 4.88. The van der Waals surface area contributed by atoms with Gasteiger partial charge in [0.05, 0.1) is 0 Å². The fourth-order valence-electron chi connectivity index (χ4n) is 1.81. The molecule has 0 aromatic heterocycles. The summed E-state index contributed by atoms with van der Waals surface area (Å²) in [5.74, 6) is 2.76. The topological polar surface area (TPSA) is 40.5 Å². The number of carbonyl (C=O) groups is 1. The zero-order valence-electron chi connectivity index (χ0n) is 8.79. The molecule has 0 bridgehead atoms. The summed E-state index contributed by atoms with van der Waals surface area (Å²) < 4.78 is 0. The van der Waals surface area contributed by atoms with Crippen LogP contribution in [0.2, 0.25) is 0 Å². The Morgan fingerprint density at radius 2 is 2.36 bits per heavy atom. The van der Waals surface area contributed by atoms with E-state index in [2.05, 4.69) is 5.92 Å². The van der Waals surface area contributed by atoms with Crippen LogP contribution in [0.4, 0.5) is 0 Å². The van der Waals surface area contributed by atoms with E-state index in [1.807, 2.05) is 13.8 Å². The monoisotopic (exact) mass is 195 g/mol. The molecule has 3 nitrogen and oxygen atoms in total. The minimum absolute atomic E-state index is 0.0421. The summed E-state index contributed by atoms with van der Waals surface area (Å²) in [6.07, 6.45) is 6.34. The third-order valence-corrected chi connectivity index (χ3v) is 2.82. The second kappa shape index (κ2) is 4.02. The maximum Gasteiger partial charge on any atom is 0.224 e. The van der Waals surface area contributed by atoms with Gasteiger partial charge in [-0.15, -0.1) is 12.3 Å². The van der Waals surface area contributed by atoms with Crippen LogP contribution in [-0.4, -0.2) is 34.6 Å². The number of rotatable bonds is 3. The molecular weight excluding hydrogens is 178 g/mol. The molecule has 1 amide bonds. The van der Waals surface area contributed by atoms with E-state index in [0.717, 1.165) is 0 Å². The normalized spacial score (nSPS) is 22.6. The number of aliphatic hydroxyl groups excluding tert-OH is 1. The van der Waals surface area contributed by atoms with Gasteiger partial charge in [-0.25, -0.2) is 0 Å². The van der Waals surface area contributed by atoms with Crippen LogP contribution in [0.25, 0.3) is 0 Å². The standard InChI is InChI=1S/C11H17NO2/c1-4-9-7-10(14)12(8-9)11(2,3)5-6-13/h1,9,13H,5-8H2,2-3H3. The second-order valence-electron chi connectivity index (χ2n) is 4.36. The first kappa shape index (κ1) is 11.1. The summed E-state index contributed by atoms with van der Waals surface area (Å²) in [5.41, 5.74) is -0.280. The largest absolute Gasteiger partial charge is 0.396 e. The quantitative estimate of drug-likeness (QED) is 0.671. The number of nitrogens with zero attached hydrogens (tertiary/aromatic N) is 1. The number of terminal acetylenes is 1. The molecule has 14 heavy (non-hydrogen) atoms. The van der Waals surface area contributed by atoms with E-state index in [1.54, 1.807) is 4.90 Å². The first-order chi connectivity index (χ1) is 6.51. The Hall–Kier alpha value is -1.01. The lowest BCUT2D eigenvalue weighted by atomic mass is 9.99. The van der Waals surface area contributed by atoms with Gasteiger partial charge in [-0.2, -0.15) is 0 Å². The zero-order valence-corrected chi connectivity index (χ0v) is 8.79. The highest BCUT2D eigenvalue weighted by atomic mass is 16.3. The Morgan fingerprint density at radius 3 is 2.79 bits per heavy atom. The molecule has 0 spiro atoms. The molecule has 1 aliphatic rings. The molecule has 0 aromatic rings. The molecule has 0 aromatic carbocycles. The number of amides is 1. The first-order valence-electron chi connectivity index (χ1n) is 4.88. The Bertz CT molecular complexity index is 265. The van der Waals surface area contributed by atoms with Crippen LogP contribution >= 0.6 is 0 Å². The van der Waals surface area contributed by atoms with E-state index in [4.69, 9.17) is 11.5 Å². The zero-order chi connectivity index (χ0) is 10.8. The lowest BCUT2D eigenvalue weighted by molar-refractivity contribution is -0.132. The Labute approximate surface area is 85.1 Å². The van der Waals surface area contributed by atoms with E-state index in [-0.39, 0.29) is 24.0 Å². The van der Waals surface area contributed by atoms with Crippen LogP contribution in [-0.2, 0) is 4.79 Å². The van der Waals surface area contributed by atoms with Crippen molar-refractivity contribution < 1.29 is 9.90 Å². The molecule has 1 saturated heterocycles. The average Bonchev–Trinajstić information content (AvgIpc) is 2.47. The van der Waals surface area contributed by atoms with Crippen LogP contribution < -0.4 is 0 Å². The molecule has 0 aliphatic carbocycles. The van der Waals surface area contributed by atoms with E-state index < -0.39 is 0 Å². The van der Waals surface area contributed by atoms with Crippen molar-refractivity contribution in [2.45, 2.75) is 32.2 Å². The molecule has 0 radical (unpaired) electrons. The van der Waals surface area contributed by atoms with Gasteiger partial charge >= 0.3 is 0 Å². The van der Waals surface area contributed by atoms with E-state index >= 15 is 0 Å². The van der Waals surface area contributed by atoms with Gasteiger partial charge < -0.3 is 10.0 Å². The summed E-state index contributed by atoms with van der Waals surface area (Å²) in [6.45, 7) is 4.64.